The SMILES string of the molecule is COc1cc(CNC(=O)c2cc(C(F)(F)F)ccc2NC2CCC(O)CC2)ccc1Cl. The Hall–Kier alpha value is -2.45. The van der Waals surface area contributed by atoms with Gasteiger partial charge in [-0.2, -0.15) is 13.2 Å². The number of benzene rings is 2. The maximum Gasteiger partial charge on any atom is 0.416 e. The summed E-state index contributed by atoms with van der Waals surface area (Å²) in [4.78, 5) is 12.8. The van der Waals surface area contributed by atoms with Gasteiger partial charge in [-0.05, 0) is 61.6 Å². The Morgan fingerprint density at radius 3 is 2.52 bits per heavy atom. The van der Waals surface area contributed by atoms with Crippen LogP contribution in [0.4, 0.5) is 18.9 Å². The number of amides is 1. The average molecular weight is 457 g/mol. The van der Waals surface area contributed by atoms with Crippen LogP contribution in [0.5, 0.6) is 5.75 Å². The Balaban J connectivity index is 1.79. The van der Waals surface area contributed by atoms with Crippen LogP contribution >= 0.6 is 11.6 Å². The van der Waals surface area contributed by atoms with Crippen molar-refractivity contribution in [1.29, 1.82) is 0 Å². The molecule has 0 unspecified atom stereocenters. The fourth-order valence-electron chi connectivity index (χ4n) is 3.57. The van der Waals surface area contributed by atoms with Crippen LogP contribution in [0.1, 0.15) is 47.2 Å². The zero-order chi connectivity index (χ0) is 22.6. The monoisotopic (exact) mass is 456 g/mol. The molecule has 9 heteroatoms. The molecule has 1 saturated carbocycles. The Morgan fingerprint density at radius 2 is 1.87 bits per heavy atom. The summed E-state index contributed by atoms with van der Waals surface area (Å²) in [5, 5.41) is 15.9. The summed E-state index contributed by atoms with van der Waals surface area (Å²) in [5.41, 5.74) is 0.0511. The van der Waals surface area contributed by atoms with E-state index in [9.17, 15) is 23.1 Å². The summed E-state index contributed by atoms with van der Waals surface area (Å²) < 4.78 is 44.8. The molecule has 0 radical (unpaired) electrons. The molecule has 3 N–H and O–H groups in total. The molecule has 31 heavy (non-hydrogen) atoms. The van der Waals surface area contributed by atoms with E-state index in [4.69, 9.17) is 16.3 Å². The van der Waals surface area contributed by atoms with Crippen LogP contribution in [0.15, 0.2) is 36.4 Å². The predicted octanol–water partition coefficient (Wildman–Crippen LogP) is 5.01. The molecule has 0 aromatic heterocycles. The highest BCUT2D eigenvalue weighted by Gasteiger charge is 2.32. The van der Waals surface area contributed by atoms with Crippen molar-refractivity contribution in [3.8, 4) is 5.75 Å². The van der Waals surface area contributed by atoms with Crippen molar-refractivity contribution in [1.82, 2.24) is 5.32 Å². The Kier molecular flexibility index (Phi) is 7.33. The molecule has 2 aromatic carbocycles. The molecular weight excluding hydrogens is 433 g/mol. The molecule has 0 heterocycles. The first-order valence-corrected chi connectivity index (χ1v) is 10.3. The van der Waals surface area contributed by atoms with Crippen LogP contribution in [0.2, 0.25) is 5.02 Å². The van der Waals surface area contributed by atoms with Gasteiger partial charge in [-0.25, -0.2) is 0 Å². The van der Waals surface area contributed by atoms with Crippen molar-refractivity contribution >= 4 is 23.2 Å². The van der Waals surface area contributed by atoms with Crippen LogP contribution in [0.25, 0.3) is 0 Å². The maximum atomic E-state index is 13.2. The van der Waals surface area contributed by atoms with Crippen molar-refractivity contribution in [3.63, 3.8) is 0 Å². The quantitative estimate of drug-likeness (QED) is 0.571. The number of halogens is 4. The van der Waals surface area contributed by atoms with Crippen molar-refractivity contribution in [2.75, 3.05) is 12.4 Å². The number of rotatable bonds is 6. The fourth-order valence-corrected chi connectivity index (χ4v) is 3.76. The minimum absolute atomic E-state index is 0.0211. The van der Waals surface area contributed by atoms with Crippen LogP contribution in [0.3, 0.4) is 0 Å². The molecule has 168 valence electrons. The normalized spacial score (nSPS) is 19.0. The fraction of sp³-hybridized carbons (Fsp3) is 0.409. The number of ether oxygens (including phenoxy) is 1. The number of hydrogen-bond donors (Lipinski definition) is 3. The van der Waals surface area contributed by atoms with E-state index in [-0.39, 0.29) is 24.3 Å². The summed E-state index contributed by atoms with van der Waals surface area (Å²) in [5.74, 6) is -0.187. The van der Waals surface area contributed by atoms with Crippen molar-refractivity contribution in [3.05, 3.63) is 58.1 Å². The molecule has 1 aliphatic carbocycles. The summed E-state index contributed by atoms with van der Waals surface area (Å²) in [6.07, 6.45) is -2.35. The molecule has 2 aromatic rings. The Labute approximate surface area is 183 Å². The molecule has 0 saturated heterocycles. The standard InChI is InChI=1S/C22H24ClF3N2O3/c1-31-20-10-13(2-8-18(20)23)12-27-21(30)17-11-14(22(24,25)26)3-9-19(17)28-15-4-6-16(29)7-5-15/h2-3,8-11,15-16,28-29H,4-7,12H2,1H3,(H,27,30). The highest BCUT2D eigenvalue weighted by Crippen LogP contribution is 2.33. The first-order valence-electron chi connectivity index (χ1n) is 9.94. The van der Waals surface area contributed by atoms with E-state index in [1.807, 2.05) is 0 Å². The molecule has 0 spiro atoms. The minimum atomic E-state index is -4.56. The molecule has 0 bridgehead atoms. The topological polar surface area (TPSA) is 70.6 Å². The molecule has 0 aliphatic heterocycles. The average Bonchev–Trinajstić information content (AvgIpc) is 2.74. The van der Waals surface area contributed by atoms with Gasteiger partial charge < -0.3 is 20.5 Å². The summed E-state index contributed by atoms with van der Waals surface area (Å²) in [6.45, 7) is 0.0949. The van der Waals surface area contributed by atoms with Gasteiger partial charge >= 0.3 is 6.18 Å². The van der Waals surface area contributed by atoms with Crippen molar-refractivity contribution in [2.45, 2.75) is 50.6 Å². The van der Waals surface area contributed by atoms with Gasteiger partial charge in [0.25, 0.3) is 5.91 Å². The van der Waals surface area contributed by atoms with Crippen molar-refractivity contribution < 1.29 is 27.8 Å². The largest absolute Gasteiger partial charge is 0.495 e. The van der Waals surface area contributed by atoms with Gasteiger partial charge in [0.1, 0.15) is 5.75 Å². The summed E-state index contributed by atoms with van der Waals surface area (Å²) in [6, 6.07) is 8.06. The number of carbonyl (C=O) groups excluding carboxylic acids is 1. The zero-order valence-corrected chi connectivity index (χ0v) is 17.7. The van der Waals surface area contributed by atoms with E-state index in [1.165, 1.54) is 13.2 Å². The predicted molar refractivity (Wildman–Crippen MR) is 113 cm³/mol. The van der Waals surface area contributed by atoms with Crippen LogP contribution in [-0.4, -0.2) is 30.3 Å². The van der Waals surface area contributed by atoms with Gasteiger partial charge in [-0.15, -0.1) is 0 Å². The number of anilines is 1. The van der Waals surface area contributed by atoms with Crippen LogP contribution in [0, 0.1) is 0 Å². The number of carbonyl (C=O) groups is 1. The first kappa shape index (κ1) is 23.2. The lowest BCUT2D eigenvalue weighted by atomic mass is 9.92. The van der Waals surface area contributed by atoms with Gasteiger partial charge in [0.05, 0.1) is 29.4 Å². The lowest BCUT2D eigenvalue weighted by Crippen LogP contribution is -2.30. The molecule has 1 fully saturated rings. The van der Waals surface area contributed by atoms with Gasteiger partial charge in [0, 0.05) is 18.3 Å². The smallest absolute Gasteiger partial charge is 0.416 e. The van der Waals surface area contributed by atoms with E-state index >= 15 is 0 Å². The number of alkyl halides is 3. The minimum Gasteiger partial charge on any atom is -0.495 e. The highest BCUT2D eigenvalue weighted by molar-refractivity contribution is 6.32. The zero-order valence-electron chi connectivity index (χ0n) is 16.9. The lowest BCUT2D eigenvalue weighted by molar-refractivity contribution is -0.137. The van der Waals surface area contributed by atoms with E-state index < -0.39 is 17.6 Å². The molecule has 0 atom stereocenters. The van der Waals surface area contributed by atoms with Crippen molar-refractivity contribution in [2.24, 2.45) is 0 Å². The molecule has 1 amide bonds. The van der Waals surface area contributed by atoms with E-state index in [1.54, 1.807) is 18.2 Å². The molecule has 3 rings (SSSR count). The number of aliphatic hydroxyl groups excluding tert-OH is 1. The van der Waals surface area contributed by atoms with Gasteiger partial charge in [0.15, 0.2) is 0 Å². The lowest BCUT2D eigenvalue weighted by Gasteiger charge is -2.28. The second kappa shape index (κ2) is 9.78. The number of hydrogen-bond acceptors (Lipinski definition) is 4. The summed E-state index contributed by atoms with van der Waals surface area (Å²) >= 11 is 5.99. The summed E-state index contributed by atoms with van der Waals surface area (Å²) in [7, 11) is 1.47. The van der Waals surface area contributed by atoms with Crippen LogP contribution < -0.4 is 15.4 Å². The third-order valence-corrected chi connectivity index (χ3v) is 5.63. The third kappa shape index (κ3) is 6.04. The number of aliphatic hydroxyl groups is 1. The second-order valence-electron chi connectivity index (χ2n) is 7.56. The first-order chi connectivity index (χ1) is 14.7. The Morgan fingerprint density at radius 1 is 1.16 bits per heavy atom. The molecule has 5 nitrogen and oxygen atoms in total. The van der Waals surface area contributed by atoms with Gasteiger partial charge in [0.2, 0.25) is 0 Å². The van der Waals surface area contributed by atoms with Gasteiger partial charge in [-0.1, -0.05) is 17.7 Å². The highest BCUT2D eigenvalue weighted by atomic mass is 35.5. The Bertz CT molecular complexity index is 929. The van der Waals surface area contributed by atoms with E-state index in [0.29, 0.717) is 47.7 Å². The van der Waals surface area contributed by atoms with E-state index in [0.717, 1.165) is 12.1 Å². The second-order valence-corrected chi connectivity index (χ2v) is 7.97. The van der Waals surface area contributed by atoms with Crippen LogP contribution in [-0.2, 0) is 12.7 Å². The molecular formula is C22H24ClF3N2O3. The number of nitrogens with one attached hydrogen (secondary N) is 2. The van der Waals surface area contributed by atoms with Gasteiger partial charge in [-0.3, -0.25) is 4.79 Å². The maximum absolute atomic E-state index is 13.2. The molecule has 1 aliphatic rings. The van der Waals surface area contributed by atoms with E-state index in [2.05, 4.69) is 10.6 Å². The number of methoxy groups -OCH3 is 1. The third-order valence-electron chi connectivity index (χ3n) is 5.32.